The minimum absolute atomic E-state index is 0.0333. The predicted molar refractivity (Wildman–Crippen MR) is 48.2 cm³/mol. The molecule has 1 aliphatic rings. The Hall–Kier alpha value is -1.78. The van der Waals surface area contributed by atoms with Crippen LogP contribution in [0.25, 0.3) is 0 Å². The van der Waals surface area contributed by atoms with Crippen LogP contribution in [0, 0.1) is 0 Å². The van der Waals surface area contributed by atoms with Crippen molar-refractivity contribution in [2.24, 2.45) is 0 Å². The smallest absolute Gasteiger partial charge is 0.352 e. The second-order valence-electron chi connectivity index (χ2n) is 3.34. The number of amides is 1. The molecule has 5 heteroatoms. The van der Waals surface area contributed by atoms with Crippen LogP contribution in [0.4, 0.5) is 0 Å². The zero-order valence-corrected chi connectivity index (χ0v) is 7.41. The van der Waals surface area contributed by atoms with Crippen molar-refractivity contribution in [3.63, 3.8) is 0 Å². The van der Waals surface area contributed by atoms with E-state index in [1.54, 1.807) is 0 Å². The van der Waals surface area contributed by atoms with Crippen molar-refractivity contribution in [1.29, 1.82) is 0 Å². The summed E-state index contributed by atoms with van der Waals surface area (Å²) in [6, 6.07) is 3.13. The Kier molecular flexibility index (Phi) is 1.99. The number of nitrogens with one attached hydrogen (secondary N) is 2. The molecule has 1 aliphatic carbocycles. The van der Waals surface area contributed by atoms with Crippen molar-refractivity contribution in [3.8, 4) is 0 Å². The van der Waals surface area contributed by atoms with Crippen molar-refractivity contribution < 1.29 is 14.7 Å². The van der Waals surface area contributed by atoms with Crippen molar-refractivity contribution in [2.45, 2.75) is 18.9 Å². The predicted octanol–water partition coefficient (Wildman–Crippen LogP) is 0.605. The van der Waals surface area contributed by atoms with Gasteiger partial charge in [0.05, 0.1) is 0 Å². The lowest BCUT2D eigenvalue weighted by molar-refractivity contribution is 0.0691. The SMILES string of the molecule is O=C(O)c1ccc(C(=O)NC2CC2)[nH]1. The summed E-state index contributed by atoms with van der Waals surface area (Å²) in [5, 5.41) is 11.4. The number of H-pyrrole nitrogens is 1. The summed E-state index contributed by atoms with van der Waals surface area (Å²) < 4.78 is 0. The Morgan fingerprint density at radius 1 is 1.36 bits per heavy atom. The van der Waals surface area contributed by atoms with E-state index in [1.165, 1.54) is 12.1 Å². The van der Waals surface area contributed by atoms with Crippen molar-refractivity contribution in [1.82, 2.24) is 10.3 Å². The number of carbonyl (C=O) groups excluding carboxylic acids is 1. The van der Waals surface area contributed by atoms with Gasteiger partial charge >= 0.3 is 5.97 Å². The van der Waals surface area contributed by atoms with Crippen molar-refractivity contribution >= 4 is 11.9 Å². The van der Waals surface area contributed by atoms with E-state index in [1.807, 2.05) is 0 Å². The van der Waals surface area contributed by atoms with Crippen LogP contribution in [0.5, 0.6) is 0 Å². The van der Waals surface area contributed by atoms with E-state index in [4.69, 9.17) is 5.11 Å². The van der Waals surface area contributed by atoms with Crippen LogP contribution in [0.3, 0.4) is 0 Å². The lowest BCUT2D eigenvalue weighted by atomic mass is 10.4. The number of carboxylic acids is 1. The lowest BCUT2D eigenvalue weighted by Gasteiger charge is -1.99. The fourth-order valence-electron chi connectivity index (χ4n) is 1.14. The van der Waals surface area contributed by atoms with Crippen LogP contribution in [-0.2, 0) is 0 Å². The first-order chi connectivity index (χ1) is 6.66. The van der Waals surface area contributed by atoms with E-state index in [2.05, 4.69) is 10.3 Å². The maximum atomic E-state index is 11.4. The zero-order valence-electron chi connectivity index (χ0n) is 7.41. The fraction of sp³-hybridized carbons (Fsp3) is 0.333. The van der Waals surface area contributed by atoms with Crippen LogP contribution >= 0.6 is 0 Å². The third kappa shape index (κ3) is 1.76. The van der Waals surface area contributed by atoms with Gasteiger partial charge < -0.3 is 15.4 Å². The number of hydrogen-bond acceptors (Lipinski definition) is 2. The molecule has 0 saturated heterocycles. The minimum Gasteiger partial charge on any atom is -0.477 e. The highest BCUT2D eigenvalue weighted by Crippen LogP contribution is 2.19. The molecule has 0 unspecified atom stereocenters. The largest absolute Gasteiger partial charge is 0.477 e. The molecule has 0 radical (unpaired) electrons. The number of aromatic nitrogens is 1. The average Bonchev–Trinajstić information content (AvgIpc) is 2.81. The first-order valence-corrected chi connectivity index (χ1v) is 4.40. The summed E-state index contributed by atoms with van der Waals surface area (Å²) in [7, 11) is 0. The van der Waals surface area contributed by atoms with Crippen LogP contribution in [0.1, 0.15) is 33.8 Å². The zero-order chi connectivity index (χ0) is 10.1. The maximum absolute atomic E-state index is 11.4. The van der Waals surface area contributed by atoms with Gasteiger partial charge in [-0.2, -0.15) is 0 Å². The van der Waals surface area contributed by atoms with Crippen LogP contribution in [0.2, 0.25) is 0 Å². The van der Waals surface area contributed by atoms with Crippen LogP contribution in [-0.4, -0.2) is 28.0 Å². The third-order valence-electron chi connectivity index (χ3n) is 2.07. The highest BCUT2D eigenvalue weighted by Gasteiger charge is 2.24. The van der Waals surface area contributed by atoms with Gasteiger partial charge in [-0.1, -0.05) is 0 Å². The molecule has 0 aliphatic heterocycles. The quantitative estimate of drug-likeness (QED) is 0.659. The maximum Gasteiger partial charge on any atom is 0.352 e. The molecule has 1 fully saturated rings. The normalized spacial score (nSPS) is 15.1. The summed E-state index contributed by atoms with van der Waals surface area (Å²) in [5.74, 6) is -1.30. The van der Waals surface area contributed by atoms with Crippen molar-refractivity contribution in [3.05, 3.63) is 23.5 Å². The molecule has 1 amide bonds. The molecule has 1 heterocycles. The Balaban J connectivity index is 2.07. The molecular weight excluding hydrogens is 184 g/mol. The summed E-state index contributed by atoms with van der Waals surface area (Å²) in [5.41, 5.74) is 0.334. The molecule has 2 rings (SSSR count). The summed E-state index contributed by atoms with van der Waals surface area (Å²) in [6.45, 7) is 0. The highest BCUT2D eigenvalue weighted by atomic mass is 16.4. The van der Waals surface area contributed by atoms with Crippen molar-refractivity contribution in [2.75, 3.05) is 0 Å². The molecule has 5 nitrogen and oxygen atoms in total. The molecule has 0 aromatic carbocycles. The van der Waals surface area contributed by atoms with Gasteiger partial charge in [0.2, 0.25) is 0 Å². The van der Waals surface area contributed by atoms with E-state index in [-0.39, 0.29) is 17.6 Å². The fourth-order valence-corrected chi connectivity index (χ4v) is 1.14. The second-order valence-corrected chi connectivity index (χ2v) is 3.34. The van der Waals surface area contributed by atoms with E-state index >= 15 is 0 Å². The van der Waals surface area contributed by atoms with Gasteiger partial charge in [0.15, 0.2) is 0 Å². The Labute approximate surface area is 80.1 Å². The van der Waals surface area contributed by atoms with E-state index < -0.39 is 5.97 Å². The van der Waals surface area contributed by atoms with Gasteiger partial charge in [0.25, 0.3) is 5.91 Å². The van der Waals surface area contributed by atoms with Crippen LogP contribution < -0.4 is 5.32 Å². The molecular formula is C9H10N2O3. The number of rotatable bonds is 3. The summed E-state index contributed by atoms with van der Waals surface area (Å²) in [6.07, 6.45) is 2.02. The van der Waals surface area contributed by atoms with Gasteiger partial charge in [-0.15, -0.1) is 0 Å². The summed E-state index contributed by atoms with van der Waals surface area (Å²) >= 11 is 0. The first-order valence-electron chi connectivity index (χ1n) is 4.40. The van der Waals surface area contributed by atoms with E-state index in [0.717, 1.165) is 12.8 Å². The topological polar surface area (TPSA) is 82.2 Å². The van der Waals surface area contributed by atoms with Gasteiger partial charge in [-0.3, -0.25) is 4.79 Å². The number of aromatic carboxylic acids is 1. The van der Waals surface area contributed by atoms with Gasteiger partial charge in [0.1, 0.15) is 11.4 Å². The molecule has 74 valence electrons. The highest BCUT2D eigenvalue weighted by molar-refractivity contribution is 5.95. The standard InChI is InChI=1S/C9H10N2O3/c12-8(10-5-1-2-5)6-3-4-7(11-6)9(13)14/h3-5,11H,1-2H2,(H,10,12)(H,13,14). The monoisotopic (exact) mass is 194 g/mol. The number of aromatic amines is 1. The molecule has 14 heavy (non-hydrogen) atoms. The Morgan fingerprint density at radius 2 is 2.00 bits per heavy atom. The van der Waals surface area contributed by atoms with Gasteiger partial charge in [-0.05, 0) is 25.0 Å². The number of carboxylic acid groups (broad SMARTS) is 1. The number of carbonyl (C=O) groups is 2. The second kappa shape index (κ2) is 3.17. The first kappa shape index (κ1) is 8.80. The molecule has 0 atom stereocenters. The van der Waals surface area contributed by atoms with E-state index in [9.17, 15) is 9.59 Å². The molecule has 1 aromatic rings. The van der Waals surface area contributed by atoms with Crippen LogP contribution in [0.15, 0.2) is 12.1 Å². The Morgan fingerprint density at radius 3 is 2.50 bits per heavy atom. The molecule has 3 N–H and O–H groups in total. The minimum atomic E-state index is -1.06. The summed E-state index contributed by atoms with van der Waals surface area (Å²) in [4.78, 5) is 24.4. The lowest BCUT2D eigenvalue weighted by Crippen LogP contribution is -2.25. The van der Waals surface area contributed by atoms with Gasteiger partial charge in [-0.25, -0.2) is 4.79 Å². The molecule has 0 spiro atoms. The molecule has 0 bridgehead atoms. The average molecular weight is 194 g/mol. The Bertz CT molecular complexity index is 379. The third-order valence-corrected chi connectivity index (χ3v) is 2.07. The number of hydrogen-bond donors (Lipinski definition) is 3. The van der Waals surface area contributed by atoms with E-state index in [0.29, 0.717) is 5.69 Å². The molecule has 1 aromatic heterocycles. The van der Waals surface area contributed by atoms with Gasteiger partial charge in [0, 0.05) is 6.04 Å². The molecule has 1 saturated carbocycles.